The van der Waals surface area contributed by atoms with Crippen LogP contribution in [0.3, 0.4) is 0 Å². The number of halogens is 6. The average molecular weight is 454 g/mol. The Balaban J connectivity index is 1.49. The third-order valence-electron chi connectivity index (χ3n) is 5.46. The largest absolute Gasteiger partial charge is 0.416 e. The Morgan fingerprint density at radius 3 is 2.03 bits per heavy atom. The first kappa shape index (κ1) is 21.9. The molecule has 3 aromatic rings. The van der Waals surface area contributed by atoms with Gasteiger partial charge in [0.2, 0.25) is 0 Å². The van der Waals surface area contributed by atoms with E-state index >= 15 is 0 Å². The summed E-state index contributed by atoms with van der Waals surface area (Å²) in [6.07, 6.45) is -7.13. The molecule has 2 heterocycles. The zero-order valence-electron chi connectivity index (χ0n) is 16.4. The Hall–Kier alpha value is -3.30. The smallest absolute Gasteiger partial charge is 0.355 e. The molecule has 1 unspecified atom stereocenters. The van der Waals surface area contributed by atoms with Crippen LogP contribution < -0.4 is 0 Å². The van der Waals surface area contributed by atoms with Gasteiger partial charge in [0.15, 0.2) is 5.76 Å². The van der Waals surface area contributed by atoms with Crippen molar-refractivity contribution < 1.29 is 35.7 Å². The number of rotatable bonds is 3. The van der Waals surface area contributed by atoms with Gasteiger partial charge in [-0.05, 0) is 36.2 Å². The molecule has 4 nitrogen and oxygen atoms in total. The van der Waals surface area contributed by atoms with Gasteiger partial charge >= 0.3 is 12.4 Å². The quantitative estimate of drug-likeness (QED) is 0.456. The number of hydrogen-bond donors (Lipinski definition) is 0. The van der Waals surface area contributed by atoms with Crippen LogP contribution in [-0.2, 0) is 12.4 Å². The van der Waals surface area contributed by atoms with Gasteiger partial charge in [-0.3, -0.25) is 4.79 Å². The molecule has 32 heavy (non-hydrogen) atoms. The minimum absolute atomic E-state index is 0.0571. The van der Waals surface area contributed by atoms with Crippen LogP contribution in [0.1, 0.15) is 39.4 Å². The summed E-state index contributed by atoms with van der Waals surface area (Å²) in [5.41, 5.74) is -0.484. The van der Waals surface area contributed by atoms with Crippen LogP contribution in [0.2, 0.25) is 0 Å². The van der Waals surface area contributed by atoms with E-state index in [-0.39, 0.29) is 22.8 Å². The fourth-order valence-electron chi connectivity index (χ4n) is 3.74. The van der Waals surface area contributed by atoms with Crippen molar-refractivity contribution in [3.63, 3.8) is 0 Å². The lowest BCUT2D eigenvalue weighted by molar-refractivity contribution is -0.138. The average Bonchev–Trinajstić information content (AvgIpc) is 3.42. The van der Waals surface area contributed by atoms with Crippen LogP contribution in [0.5, 0.6) is 0 Å². The molecule has 1 aromatic heterocycles. The molecule has 0 bridgehead atoms. The van der Waals surface area contributed by atoms with Gasteiger partial charge in [-0.1, -0.05) is 29.4 Å². The number of likely N-dealkylation sites (tertiary alicyclic amines) is 1. The first-order valence-corrected chi connectivity index (χ1v) is 9.63. The van der Waals surface area contributed by atoms with Crippen molar-refractivity contribution in [3.8, 4) is 11.3 Å². The van der Waals surface area contributed by atoms with Crippen LogP contribution >= 0.6 is 0 Å². The van der Waals surface area contributed by atoms with Crippen molar-refractivity contribution in [3.05, 3.63) is 77.0 Å². The molecule has 1 saturated heterocycles. The molecule has 0 radical (unpaired) electrons. The normalized spacial score (nSPS) is 17.1. The molecule has 0 aliphatic carbocycles. The van der Waals surface area contributed by atoms with Crippen molar-refractivity contribution in [1.29, 1.82) is 0 Å². The number of hydrogen-bond acceptors (Lipinski definition) is 3. The molecule has 1 amide bonds. The molecule has 0 spiro atoms. The molecular weight excluding hydrogens is 438 g/mol. The van der Waals surface area contributed by atoms with E-state index < -0.39 is 29.4 Å². The van der Waals surface area contributed by atoms with E-state index in [1.165, 1.54) is 35.4 Å². The number of carbonyl (C=O) groups excluding carboxylic acids is 1. The second-order valence-corrected chi connectivity index (χ2v) is 7.50. The predicted molar refractivity (Wildman–Crippen MR) is 102 cm³/mol. The maximum Gasteiger partial charge on any atom is 0.416 e. The van der Waals surface area contributed by atoms with Gasteiger partial charge in [-0.15, -0.1) is 0 Å². The SMILES string of the molecule is O=C(c1cnoc1-c1ccc(C(F)(F)F)cc1)N1CCC(c2ccc(C(F)(F)F)cc2)C1. The summed E-state index contributed by atoms with van der Waals surface area (Å²) in [7, 11) is 0. The van der Waals surface area contributed by atoms with Crippen LogP contribution in [0.15, 0.2) is 59.3 Å². The summed E-state index contributed by atoms with van der Waals surface area (Å²) >= 11 is 0. The van der Waals surface area contributed by atoms with Gasteiger partial charge in [0.25, 0.3) is 5.91 Å². The number of aromatic nitrogens is 1. The lowest BCUT2D eigenvalue weighted by atomic mass is 9.97. The molecule has 0 saturated carbocycles. The van der Waals surface area contributed by atoms with Crippen LogP contribution in [0.4, 0.5) is 26.3 Å². The summed E-state index contributed by atoms with van der Waals surface area (Å²) in [5.74, 6) is -0.479. The van der Waals surface area contributed by atoms with Crippen LogP contribution in [0.25, 0.3) is 11.3 Å². The summed E-state index contributed by atoms with van der Waals surface area (Å²) in [6.45, 7) is 0.671. The van der Waals surface area contributed by atoms with Crippen LogP contribution in [-0.4, -0.2) is 29.1 Å². The summed E-state index contributed by atoms with van der Waals surface area (Å²) < 4.78 is 81.7. The zero-order valence-corrected chi connectivity index (χ0v) is 16.4. The van der Waals surface area contributed by atoms with E-state index in [4.69, 9.17) is 4.52 Å². The van der Waals surface area contributed by atoms with Crippen molar-refractivity contribution in [2.45, 2.75) is 24.7 Å². The molecule has 4 rings (SSSR count). The molecule has 0 N–H and O–H groups in total. The zero-order chi connectivity index (χ0) is 23.1. The number of benzene rings is 2. The minimum atomic E-state index is -4.48. The van der Waals surface area contributed by atoms with Crippen LogP contribution in [0, 0.1) is 0 Å². The Bertz CT molecular complexity index is 1100. The highest BCUT2D eigenvalue weighted by atomic mass is 19.4. The molecule has 2 aromatic carbocycles. The van der Waals surface area contributed by atoms with Crippen molar-refractivity contribution in [1.82, 2.24) is 10.1 Å². The predicted octanol–water partition coefficient (Wildman–Crippen LogP) is 6.01. The fraction of sp³-hybridized carbons (Fsp3) is 0.273. The topological polar surface area (TPSA) is 46.3 Å². The van der Waals surface area contributed by atoms with E-state index in [9.17, 15) is 31.1 Å². The first-order chi connectivity index (χ1) is 15.0. The monoisotopic (exact) mass is 454 g/mol. The van der Waals surface area contributed by atoms with Crippen molar-refractivity contribution >= 4 is 5.91 Å². The maximum atomic E-state index is 13.0. The second kappa shape index (κ2) is 7.99. The van der Waals surface area contributed by atoms with E-state index in [0.29, 0.717) is 25.1 Å². The lowest BCUT2D eigenvalue weighted by Gasteiger charge is -2.17. The lowest BCUT2D eigenvalue weighted by Crippen LogP contribution is -2.28. The molecule has 1 atom stereocenters. The van der Waals surface area contributed by atoms with Gasteiger partial charge in [0.1, 0.15) is 5.56 Å². The first-order valence-electron chi connectivity index (χ1n) is 9.63. The van der Waals surface area contributed by atoms with Gasteiger partial charge in [-0.25, -0.2) is 0 Å². The van der Waals surface area contributed by atoms with E-state index in [1.54, 1.807) is 0 Å². The Morgan fingerprint density at radius 1 is 0.906 bits per heavy atom. The molecular formula is C22H16F6N2O2. The molecule has 1 fully saturated rings. The number of nitrogens with zero attached hydrogens (tertiary/aromatic N) is 2. The number of alkyl halides is 6. The fourth-order valence-corrected chi connectivity index (χ4v) is 3.74. The van der Waals surface area contributed by atoms with E-state index in [0.717, 1.165) is 24.3 Å². The van der Waals surface area contributed by atoms with Crippen molar-refractivity contribution in [2.75, 3.05) is 13.1 Å². The maximum absolute atomic E-state index is 13.0. The highest BCUT2D eigenvalue weighted by Gasteiger charge is 2.34. The highest BCUT2D eigenvalue weighted by molar-refractivity contribution is 5.99. The second-order valence-electron chi connectivity index (χ2n) is 7.50. The minimum Gasteiger partial charge on any atom is -0.355 e. The number of carbonyl (C=O) groups is 1. The summed E-state index contributed by atoms with van der Waals surface area (Å²) in [4.78, 5) is 14.5. The Morgan fingerprint density at radius 2 is 1.47 bits per heavy atom. The Kier molecular flexibility index (Phi) is 5.47. The molecule has 168 valence electrons. The standard InChI is InChI=1S/C22H16F6N2O2/c23-21(24,25)16-5-1-13(2-6-16)15-9-10-30(12-15)20(31)18-11-29-32-19(18)14-3-7-17(8-4-14)22(26,27)28/h1-8,11,15H,9-10,12H2. The van der Waals surface area contributed by atoms with Gasteiger partial charge in [0, 0.05) is 24.6 Å². The van der Waals surface area contributed by atoms with Crippen molar-refractivity contribution in [2.24, 2.45) is 0 Å². The molecule has 1 aliphatic rings. The highest BCUT2D eigenvalue weighted by Crippen LogP contribution is 2.35. The van der Waals surface area contributed by atoms with Gasteiger partial charge in [0.05, 0.1) is 17.3 Å². The van der Waals surface area contributed by atoms with Gasteiger partial charge < -0.3 is 9.42 Å². The molecule has 10 heteroatoms. The summed E-state index contributed by atoms with van der Waals surface area (Å²) in [5, 5.41) is 3.62. The van der Waals surface area contributed by atoms with Gasteiger partial charge in [-0.2, -0.15) is 26.3 Å². The third-order valence-corrected chi connectivity index (χ3v) is 5.46. The Labute approximate surface area is 178 Å². The third kappa shape index (κ3) is 4.35. The number of amides is 1. The summed E-state index contributed by atoms with van der Waals surface area (Å²) in [6, 6.07) is 9.05. The molecule has 1 aliphatic heterocycles. The van der Waals surface area contributed by atoms with E-state index in [2.05, 4.69) is 5.16 Å². The van der Waals surface area contributed by atoms with E-state index in [1.807, 2.05) is 0 Å².